The van der Waals surface area contributed by atoms with Gasteiger partial charge in [-0.05, 0) is 72.2 Å². The molecule has 0 bridgehead atoms. The first kappa shape index (κ1) is 18.9. The van der Waals surface area contributed by atoms with Gasteiger partial charge in [0.05, 0.1) is 5.92 Å². The van der Waals surface area contributed by atoms with Crippen LogP contribution < -0.4 is 5.32 Å². The van der Waals surface area contributed by atoms with Crippen LogP contribution in [0, 0.1) is 5.92 Å². The Morgan fingerprint density at radius 1 is 0.900 bits per heavy atom. The molecule has 2 amide bonds. The van der Waals surface area contributed by atoms with E-state index in [4.69, 9.17) is 0 Å². The lowest BCUT2D eigenvalue weighted by Crippen LogP contribution is -2.43. The van der Waals surface area contributed by atoms with Crippen LogP contribution in [0.15, 0.2) is 60.7 Å². The summed E-state index contributed by atoms with van der Waals surface area (Å²) < 4.78 is 0. The van der Waals surface area contributed by atoms with E-state index < -0.39 is 0 Å². The van der Waals surface area contributed by atoms with E-state index in [9.17, 15) is 9.59 Å². The number of piperidine rings is 1. The van der Waals surface area contributed by atoms with Crippen molar-refractivity contribution in [2.24, 2.45) is 5.92 Å². The van der Waals surface area contributed by atoms with Crippen LogP contribution >= 0.6 is 0 Å². The van der Waals surface area contributed by atoms with Crippen LogP contribution in [0.4, 0.5) is 5.69 Å². The molecule has 152 valence electrons. The zero-order chi connectivity index (χ0) is 20.5. The van der Waals surface area contributed by atoms with Crippen molar-refractivity contribution in [1.29, 1.82) is 0 Å². The highest BCUT2D eigenvalue weighted by Crippen LogP contribution is 2.27. The van der Waals surface area contributed by atoms with Crippen LogP contribution in [-0.4, -0.2) is 29.8 Å². The summed E-state index contributed by atoms with van der Waals surface area (Å²) >= 11 is 0. The van der Waals surface area contributed by atoms with Gasteiger partial charge in [0, 0.05) is 24.3 Å². The summed E-state index contributed by atoms with van der Waals surface area (Å²) in [5, 5.41) is 5.12. The zero-order valence-electron chi connectivity index (χ0n) is 17.1. The Hall–Kier alpha value is -3.14. The van der Waals surface area contributed by atoms with Crippen LogP contribution in [0.3, 0.4) is 0 Å². The molecule has 1 atom stereocenters. The number of hydrogen-bond acceptors (Lipinski definition) is 2. The molecule has 4 heteroatoms. The first-order valence-electron chi connectivity index (χ1n) is 10.9. The Morgan fingerprint density at radius 2 is 1.73 bits per heavy atom. The van der Waals surface area contributed by atoms with Crippen molar-refractivity contribution in [2.75, 3.05) is 18.4 Å². The minimum atomic E-state index is -0.175. The second-order valence-corrected chi connectivity index (χ2v) is 8.44. The Morgan fingerprint density at radius 3 is 2.67 bits per heavy atom. The molecule has 3 aromatic carbocycles. The average molecular weight is 399 g/mol. The summed E-state index contributed by atoms with van der Waals surface area (Å²) in [6.07, 6.45) is 5.09. The summed E-state index contributed by atoms with van der Waals surface area (Å²) in [6.45, 7) is 1.17. The summed E-state index contributed by atoms with van der Waals surface area (Å²) in [6, 6.07) is 20.0. The van der Waals surface area contributed by atoms with Crippen molar-refractivity contribution in [3.63, 3.8) is 0 Å². The second-order valence-electron chi connectivity index (χ2n) is 8.44. The van der Waals surface area contributed by atoms with E-state index in [0.717, 1.165) is 42.1 Å². The molecule has 0 saturated carbocycles. The van der Waals surface area contributed by atoms with Gasteiger partial charge in [0.1, 0.15) is 0 Å². The number of fused-ring (bicyclic) bond motifs is 2. The molecule has 4 nitrogen and oxygen atoms in total. The third-order valence-corrected chi connectivity index (χ3v) is 6.47. The lowest BCUT2D eigenvalue weighted by molar-refractivity contribution is -0.121. The standard InChI is InChI=1S/C26H26N2O2/c29-25(27-22-14-13-18-7-3-9-20(18)16-22)21-10-5-15-28(17-21)26(30)24-12-4-8-19-6-1-2-11-23(19)24/h1-2,4,6,8,11-14,16,21H,3,5,7,9-10,15,17H2,(H,27,29). The van der Waals surface area contributed by atoms with E-state index in [2.05, 4.69) is 17.4 Å². The minimum absolute atomic E-state index is 0.0156. The van der Waals surface area contributed by atoms with Crippen LogP contribution in [0.2, 0.25) is 0 Å². The first-order valence-corrected chi connectivity index (χ1v) is 10.9. The largest absolute Gasteiger partial charge is 0.338 e. The van der Waals surface area contributed by atoms with E-state index in [1.165, 1.54) is 17.5 Å². The summed E-state index contributed by atoms with van der Waals surface area (Å²) in [5.41, 5.74) is 4.34. The predicted molar refractivity (Wildman–Crippen MR) is 120 cm³/mol. The smallest absolute Gasteiger partial charge is 0.254 e. The lowest BCUT2D eigenvalue weighted by Gasteiger charge is -2.32. The van der Waals surface area contributed by atoms with Crippen LogP contribution in [0.1, 0.15) is 40.7 Å². The molecule has 5 rings (SSSR count). The van der Waals surface area contributed by atoms with Crippen molar-refractivity contribution < 1.29 is 9.59 Å². The lowest BCUT2D eigenvalue weighted by atomic mass is 9.95. The molecule has 2 aliphatic rings. The number of hydrogen-bond donors (Lipinski definition) is 1. The fourth-order valence-electron chi connectivity index (χ4n) is 4.85. The highest BCUT2D eigenvalue weighted by molar-refractivity contribution is 6.07. The monoisotopic (exact) mass is 398 g/mol. The van der Waals surface area contributed by atoms with Gasteiger partial charge in [0.2, 0.25) is 5.91 Å². The van der Waals surface area contributed by atoms with E-state index in [1.807, 2.05) is 53.4 Å². The number of nitrogens with zero attached hydrogens (tertiary/aromatic N) is 1. The normalized spacial score (nSPS) is 18.3. The number of rotatable bonds is 3. The molecule has 0 aromatic heterocycles. The van der Waals surface area contributed by atoms with Gasteiger partial charge in [0.15, 0.2) is 0 Å². The van der Waals surface area contributed by atoms with Crippen LogP contribution in [0.5, 0.6) is 0 Å². The Balaban J connectivity index is 1.30. The van der Waals surface area contributed by atoms with Gasteiger partial charge in [-0.15, -0.1) is 0 Å². The molecule has 1 aliphatic heterocycles. The number of benzene rings is 3. The SMILES string of the molecule is O=C(Nc1ccc2c(c1)CCC2)C1CCCN(C(=O)c2cccc3ccccc23)C1. The molecule has 0 spiro atoms. The van der Waals surface area contributed by atoms with Gasteiger partial charge in [-0.2, -0.15) is 0 Å². The molecule has 1 aliphatic carbocycles. The fourth-order valence-corrected chi connectivity index (χ4v) is 4.85. The zero-order valence-corrected chi connectivity index (χ0v) is 17.1. The molecular weight excluding hydrogens is 372 g/mol. The number of aryl methyl sites for hydroxylation is 2. The van der Waals surface area contributed by atoms with E-state index in [1.54, 1.807) is 0 Å². The summed E-state index contributed by atoms with van der Waals surface area (Å²) in [4.78, 5) is 28.0. The Kier molecular flexibility index (Phi) is 4.99. The molecule has 1 saturated heterocycles. The predicted octanol–water partition coefficient (Wildman–Crippen LogP) is 4.82. The highest BCUT2D eigenvalue weighted by atomic mass is 16.2. The van der Waals surface area contributed by atoms with E-state index >= 15 is 0 Å². The number of anilines is 1. The van der Waals surface area contributed by atoms with Crippen LogP contribution in [-0.2, 0) is 17.6 Å². The molecule has 3 aromatic rings. The topological polar surface area (TPSA) is 49.4 Å². The highest BCUT2D eigenvalue weighted by Gasteiger charge is 2.29. The van der Waals surface area contributed by atoms with Gasteiger partial charge in [0.25, 0.3) is 5.91 Å². The first-order chi connectivity index (χ1) is 14.7. The maximum Gasteiger partial charge on any atom is 0.254 e. The molecule has 1 N–H and O–H groups in total. The van der Waals surface area contributed by atoms with Gasteiger partial charge in [-0.1, -0.05) is 42.5 Å². The molecule has 0 radical (unpaired) electrons. The van der Waals surface area contributed by atoms with Gasteiger partial charge >= 0.3 is 0 Å². The number of carbonyl (C=O) groups excluding carboxylic acids is 2. The van der Waals surface area contributed by atoms with Crippen molar-refractivity contribution in [3.05, 3.63) is 77.4 Å². The Bertz CT molecular complexity index is 1120. The van der Waals surface area contributed by atoms with Gasteiger partial charge in [-0.25, -0.2) is 0 Å². The van der Waals surface area contributed by atoms with Gasteiger partial charge < -0.3 is 10.2 Å². The maximum atomic E-state index is 13.3. The van der Waals surface area contributed by atoms with Crippen molar-refractivity contribution >= 4 is 28.3 Å². The average Bonchev–Trinajstić information content (AvgIpc) is 3.26. The third-order valence-electron chi connectivity index (χ3n) is 6.47. The second kappa shape index (κ2) is 7.94. The Labute approximate surface area is 176 Å². The molecule has 30 heavy (non-hydrogen) atoms. The van der Waals surface area contributed by atoms with E-state index in [-0.39, 0.29) is 17.7 Å². The van der Waals surface area contributed by atoms with Gasteiger partial charge in [-0.3, -0.25) is 9.59 Å². The van der Waals surface area contributed by atoms with Crippen molar-refractivity contribution in [3.8, 4) is 0 Å². The maximum absolute atomic E-state index is 13.3. The molecular formula is C26H26N2O2. The fraction of sp³-hybridized carbons (Fsp3) is 0.308. The summed E-state index contributed by atoms with van der Waals surface area (Å²) in [5.74, 6) is -0.142. The quantitative estimate of drug-likeness (QED) is 0.688. The molecule has 1 fully saturated rings. The van der Waals surface area contributed by atoms with Crippen molar-refractivity contribution in [1.82, 2.24) is 4.90 Å². The van der Waals surface area contributed by atoms with Crippen molar-refractivity contribution in [2.45, 2.75) is 32.1 Å². The molecule has 1 heterocycles. The molecule has 1 unspecified atom stereocenters. The van der Waals surface area contributed by atoms with Crippen LogP contribution in [0.25, 0.3) is 10.8 Å². The third kappa shape index (κ3) is 3.58. The minimum Gasteiger partial charge on any atom is -0.338 e. The number of amides is 2. The van der Waals surface area contributed by atoms with E-state index in [0.29, 0.717) is 18.7 Å². The number of nitrogens with one attached hydrogen (secondary N) is 1. The number of carbonyl (C=O) groups is 2. The number of likely N-dealkylation sites (tertiary alicyclic amines) is 1. The summed E-state index contributed by atoms with van der Waals surface area (Å²) in [7, 11) is 0.